The molecular formula is C13H10BrClN2O. The minimum Gasteiger partial charge on any atom is -0.399 e. The van der Waals surface area contributed by atoms with Crippen LogP contribution in [0.25, 0.3) is 0 Å². The van der Waals surface area contributed by atoms with E-state index in [1.807, 2.05) is 0 Å². The lowest BCUT2D eigenvalue weighted by molar-refractivity contribution is 0.0993. The largest absolute Gasteiger partial charge is 0.399 e. The monoisotopic (exact) mass is 324 g/mol. The summed E-state index contributed by atoms with van der Waals surface area (Å²) in [5, 5.41) is 0.494. The molecule has 1 aromatic heterocycles. The summed E-state index contributed by atoms with van der Waals surface area (Å²) < 4.78 is 0.784. The van der Waals surface area contributed by atoms with E-state index < -0.39 is 0 Å². The highest BCUT2D eigenvalue weighted by Gasteiger charge is 2.10. The van der Waals surface area contributed by atoms with Crippen molar-refractivity contribution in [3.8, 4) is 0 Å². The zero-order valence-corrected chi connectivity index (χ0v) is 11.7. The molecule has 0 aliphatic carbocycles. The van der Waals surface area contributed by atoms with Crippen molar-refractivity contribution in [2.45, 2.75) is 6.42 Å². The first-order valence-electron chi connectivity index (χ1n) is 5.24. The number of carbonyl (C=O) groups is 1. The van der Waals surface area contributed by atoms with E-state index in [4.69, 9.17) is 17.3 Å². The van der Waals surface area contributed by atoms with Crippen molar-refractivity contribution < 1.29 is 4.79 Å². The van der Waals surface area contributed by atoms with E-state index in [0.29, 0.717) is 16.3 Å². The van der Waals surface area contributed by atoms with E-state index in [2.05, 4.69) is 20.9 Å². The first-order chi connectivity index (χ1) is 8.56. The molecule has 0 spiro atoms. The topological polar surface area (TPSA) is 56.0 Å². The zero-order valence-electron chi connectivity index (χ0n) is 9.36. The minimum absolute atomic E-state index is 0.0314. The minimum atomic E-state index is -0.0314. The average molecular weight is 326 g/mol. The van der Waals surface area contributed by atoms with E-state index in [0.717, 1.165) is 10.0 Å². The van der Waals surface area contributed by atoms with Gasteiger partial charge in [0.05, 0.1) is 5.02 Å². The Morgan fingerprint density at radius 2 is 2.17 bits per heavy atom. The summed E-state index contributed by atoms with van der Waals surface area (Å²) >= 11 is 9.28. The van der Waals surface area contributed by atoms with Crippen molar-refractivity contribution in [3.63, 3.8) is 0 Å². The van der Waals surface area contributed by atoms with Gasteiger partial charge in [0.2, 0.25) is 0 Å². The fraction of sp³-hybridized carbons (Fsp3) is 0.0769. The van der Waals surface area contributed by atoms with Gasteiger partial charge in [-0.3, -0.25) is 9.78 Å². The highest BCUT2D eigenvalue weighted by Crippen LogP contribution is 2.20. The highest BCUT2D eigenvalue weighted by atomic mass is 79.9. The number of rotatable bonds is 3. The van der Waals surface area contributed by atoms with E-state index in [-0.39, 0.29) is 12.2 Å². The number of nitrogens with two attached hydrogens (primary N) is 1. The molecule has 18 heavy (non-hydrogen) atoms. The van der Waals surface area contributed by atoms with Gasteiger partial charge in [0, 0.05) is 34.5 Å². The van der Waals surface area contributed by atoms with Crippen molar-refractivity contribution in [2.75, 3.05) is 5.73 Å². The predicted molar refractivity (Wildman–Crippen MR) is 75.8 cm³/mol. The number of carbonyl (C=O) groups excluding carboxylic acids is 1. The first-order valence-corrected chi connectivity index (χ1v) is 6.41. The summed E-state index contributed by atoms with van der Waals surface area (Å²) in [5.41, 5.74) is 7.58. The third-order valence-corrected chi connectivity index (χ3v) is 3.25. The van der Waals surface area contributed by atoms with Gasteiger partial charge < -0.3 is 5.73 Å². The number of hydrogen-bond donors (Lipinski definition) is 1. The Balaban J connectivity index is 2.25. The first kappa shape index (κ1) is 13.1. The SMILES string of the molecule is Nc1cc(Br)cc(C(=O)Cc2ccncc2Cl)c1. The Kier molecular flexibility index (Phi) is 3.99. The second-order valence-corrected chi connectivity index (χ2v) is 5.16. The molecule has 0 saturated carbocycles. The molecule has 0 amide bonds. The quantitative estimate of drug-likeness (QED) is 0.694. The molecule has 92 valence electrons. The molecule has 0 unspecified atom stereocenters. The lowest BCUT2D eigenvalue weighted by atomic mass is 10.0. The lowest BCUT2D eigenvalue weighted by Crippen LogP contribution is -2.05. The fourth-order valence-corrected chi connectivity index (χ4v) is 2.29. The Bertz CT molecular complexity index is 581. The summed E-state index contributed by atoms with van der Waals surface area (Å²) in [7, 11) is 0. The summed E-state index contributed by atoms with van der Waals surface area (Å²) in [6, 6.07) is 6.88. The maximum atomic E-state index is 12.1. The molecule has 0 radical (unpaired) electrons. The number of pyridine rings is 1. The number of halogens is 2. The van der Waals surface area contributed by atoms with Crippen molar-refractivity contribution in [2.24, 2.45) is 0 Å². The lowest BCUT2D eigenvalue weighted by Gasteiger charge is -2.05. The van der Waals surface area contributed by atoms with Crippen LogP contribution in [0, 0.1) is 0 Å². The maximum absolute atomic E-state index is 12.1. The molecule has 2 N–H and O–H groups in total. The Labute approximate surface area is 118 Å². The third kappa shape index (κ3) is 3.09. The number of ketones is 1. The average Bonchev–Trinajstić information content (AvgIpc) is 2.31. The number of benzene rings is 1. The normalized spacial score (nSPS) is 10.3. The van der Waals surface area contributed by atoms with Gasteiger partial charge in [-0.15, -0.1) is 0 Å². The van der Waals surface area contributed by atoms with Gasteiger partial charge in [0.25, 0.3) is 0 Å². The summed E-state index contributed by atoms with van der Waals surface area (Å²) in [4.78, 5) is 16.0. The van der Waals surface area contributed by atoms with Crippen molar-refractivity contribution in [3.05, 3.63) is 57.3 Å². The van der Waals surface area contributed by atoms with E-state index >= 15 is 0 Å². The molecule has 0 atom stereocenters. The molecule has 0 fully saturated rings. The number of aromatic nitrogens is 1. The van der Waals surface area contributed by atoms with Crippen LogP contribution in [0.3, 0.4) is 0 Å². The molecule has 2 rings (SSSR count). The molecule has 3 nitrogen and oxygen atoms in total. The molecule has 0 aliphatic heterocycles. The van der Waals surface area contributed by atoms with Crippen molar-refractivity contribution >= 4 is 39.0 Å². The van der Waals surface area contributed by atoms with Gasteiger partial charge in [-0.1, -0.05) is 27.5 Å². The molecule has 0 bridgehead atoms. The van der Waals surface area contributed by atoms with Gasteiger partial charge in [-0.2, -0.15) is 0 Å². The van der Waals surface area contributed by atoms with E-state index in [1.165, 1.54) is 6.20 Å². The van der Waals surface area contributed by atoms with Gasteiger partial charge in [0.1, 0.15) is 0 Å². The fourth-order valence-electron chi connectivity index (χ4n) is 1.60. The second-order valence-electron chi connectivity index (χ2n) is 3.84. The molecule has 0 saturated heterocycles. The van der Waals surface area contributed by atoms with E-state index in [9.17, 15) is 4.79 Å². The van der Waals surface area contributed by atoms with E-state index in [1.54, 1.807) is 30.5 Å². The van der Waals surface area contributed by atoms with Crippen LogP contribution in [0.5, 0.6) is 0 Å². The summed E-state index contributed by atoms with van der Waals surface area (Å²) in [5.74, 6) is -0.0314. The zero-order chi connectivity index (χ0) is 13.1. The summed E-state index contributed by atoms with van der Waals surface area (Å²) in [6.07, 6.45) is 3.38. The number of nitrogens with zero attached hydrogens (tertiary/aromatic N) is 1. The Hall–Kier alpha value is -1.39. The smallest absolute Gasteiger partial charge is 0.167 e. The van der Waals surface area contributed by atoms with Gasteiger partial charge in [0.15, 0.2) is 5.78 Å². The third-order valence-electron chi connectivity index (χ3n) is 2.45. The van der Waals surface area contributed by atoms with Gasteiger partial charge >= 0.3 is 0 Å². The van der Waals surface area contributed by atoms with Crippen LogP contribution in [0.4, 0.5) is 5.69 Å². The standard InChI is InChI=1S/C13H10BrClN2O/c14-10-3-9(4-11(16)6-10)13(18)5-8-1-2-17-7-12(8)15/h1-4,6-7H,5,16H2. The van der Waals surface area contributed by atoms with Crippen LogP contribution >= 0.6 is 27.5 Å². The van der Waals surface area contributed by atoms with Crippen LogP contribution in [-0.4, -0.2) is 10.8 Å². The van der Waals surface area contributed by atoms with Crippen LogP contribution in [0.1, 0.15) is 15.9 Å². The Morgan fingerprint density at radius 3 is 2.83 bits per heavy atom. The van der Waals surface area contributed by atoms with Crippen LogP contribution in [0.15, 0.2) is 41.1 Å². The number of hydrogen-bond acceptors (Lipinski definition) is 3. The predicted octanol–water partition coefficient (Wildman–Crippen LogP) is 3.51. The van der Waals surface area contributed by atoms with Crippen LogP contribution in [-0.2, 0) is 6.42 Å². The molecule has 0 aliphatic rings. The molecule has 1 aromatic carbocycles. The molecule has 5 heteroatoms. The number of nitrogen functional groups attached to an aromatic ring is 1. The maximum Gasteiger partial charge on any atom is 0.167 e. The highest BCUT2D eigenvalue weighted by molar-refractivity contribution is 9.10. The van der Waals surface area contributed by atoms with Crippen LogP contribution < -0.4 is 5.73 Å². The van der Waals surface area contributed by atoms with Gasteiger partial charge in [-0.05, 0) is 29.8 Å². The van der Waals surface area contributed by atoms with Crippen molar-refractivity contribution in [1.82, 2.24) is 4.98 Å². The van der Waals surface area contributed by atoms with Crippen LogP contribution in [0.2, 0.25) is 5.02 Å². The summed E-state index contributed by atoms with van der Waals surface area (Å²) in [6.45, 7) is 0. The Morgan fingerprint density at radius 1 is 1.39 bits per heavy atom. The molecular weight excluding hydrogens is 316 g/mol. The van der Waals surface area contributed by atoms with Gasteiger partial charge in [-0.25, -0.2) is 0 Å². The van der Waals surface area contributed by atoms with Crippen molar-refractivity contribution in [1.29, 1.82) is 0 Å². The molecule has 2 aromatic rings. The number of Topliss-reactive ketones (excluding diaryl/α,β-unsaturated/α-hetero) is 1. The number of anilines is 1. The molecule has 1 heterocycles. The second kappa shape index (κ2) is 5.50.